The standard InChI is InChI=1S/C14H20N4O/c1-10-6-14(17-11(2)13(10)7-15)16-8-12-9-18(3)4-5-19-12/h6,12H,4-5,8-9H2,1-3H3,(H,16,17)/t12-/m1/s1. The van der Waals surface area contributed by atoms with Gasteiger partial charge in [0.15, 0.2) is 0 Å². The van der Waals surface area contributed by atoms with Crippen LogP contribution in [0.5, 0.6) is 0 Å². The summed E-state index contributed by atoms with van der Waals surface area (Å²) in [4.78, 5) is 6.67. The van der Waals surface area contributed by atoms with E-state index >= 15 is 0 Å². The fraction of sp³-hybridized carbons (Fsp3) is 0.571. The highest BCUT2D eigenvalue weighted by Gasteiger charge is 2.17. The van der Waals surface area contributed by atoms with Crippen LogP contribution in [0.1, 0.15) is 16.8 Å². The molecule has 1 aromatic heterocycles. The van der Waals surface area contributed by atoms with Crippen LogP contribution < -0.4 is 5.32 Å². The van der Waals surface area contributed by atoms with E-state index in [1.807, 2.05) is 19.9 Å². The first kappa shape index (κ1) is 13.8. The lowest BCUT2D eigenvalue weighted by Crippen LogP contribution is -2.43. The van der Waals surface area contributed by atoms with E-state index in [9.17, 15) is 0 Å². The van der Waals surface area contributed by atoms with Gasteiger partial charge in [0.05, 0.1) is 24.0 Å². The van der Waals surface area contributed by atoms with Crippen molar-refractivity contribution in [1.82, 2.24) is 9.88 Å². The van der Waals surface area contributed by atoms with Gasteiger partial charge in [-0.15, -0.1) is 0 Å². The summed E-state index contributed by atoms with van der Waals surface area (Å²) in [6, 6.07) is 4.10. The highest BCUT2D eigenvalue weighted by atomic mass is 16.5. The fourth-order valence-corrected chi connectivity index (χ4v) is 2.30. The van der Waals surface area contributed by atoms with Crippen LogP contribution in [0.25, 0.3) is 0 Å². The third-order valence-corrected chi connectivity index (χ3v) is 3.36. The normalized spacial score (nSPS) is 20.0. The number of nitrogens with zero attached hydrogens (tertiary/aromatic N) is 3. The lowest BCUT2D eigenvalue weighted by molar-refractivity contribution is -0.0117. The summed E-state index contributed by atoms with van der Waals surface area (Å²) >= 11 is 0. The molecule has 1 aliphatic heterocycles. The quantitative estimate of drug-likeness (QED) is 0.888. The van der Waals surface area contributed by atoms with Crippen LogP contribution in [0.15, 0.2) is 6.07 Å². The summed E-state index contributed by atoms with van der Waals surface area (Å²) in [7, 11) is 2.10. The van der Waals surface area contributed by atoms with E-state index in [-0.39, 0.29) is 6.10 Å². The molecule has 5 nitrogen and oxygen atoms in total. The first-order chi connectivity index (χ1) is 9.10. The molecule has 1 saturated heterocycles. The lowest BCUT2D eigenvalue weighted by atomic mass is 10.1. The summed E-state index contributed by atoms with van der Waals surface area (Å²) in [5, 5.41) is 12.3. The van der Waals surface area contributed by atoms with Crippen LogP contribution in [0.2, 0.25) is 0 Å². The van der Waals surface area contributed by atoms with E-state index in [1.165, 1.54) is 0 Å². The summed E-state index contributed by atoms with van der Waals surface area (Å²) in [6.45, 7) is 7.24. The molecule has 0 spiro atoms. The number of nitriles is 1. The van der Waals surface area contributed by atoms with Gasteiger partial charge in [-0.2, -0.15) is 5.26 Å². The Morgan fingerprint density at radius 3 is 3.00 bits per heavy atom. The van der Waals surface area contributed by atoms with Gasteiger partial charge < -0.3 is 15.0 Å². The number of pyridine rings is 1. The summed E-state index contributed by atoms with van der Waals surface area (Å²) in [6.07, 6.45) is 0.191. The second-order valence-electron chi connectivity index (χ2n) is 5.03. The van der Waals surface area contributed by atoms with Crippen molar-refractivity contribution in [1.29, 1.82) is 5.26 Å². The summed E-state index contributed by atoms with van der Waals surface area (Å²) < 4.78 is 5.69. The van der Waals surface area contributed by atoms with E-state index in [4.69, 9.17) is 10.00 Å². The maximum absolute atomic E-state index is 9.02. The molecular formula is C14H20N4O. The number of morpholine rings is 1. The predicted molar refractivity (Wildman–Crippen MR) is 74.2 cm³/mol. The predicted octanol–water partition coefficient (Wildman–Crippen LogP) is 1.31. The van der Waals surface area contributed by atoms with Gasteiger partial charge in [-0.1, -0.05) is 0 Å². The molecule has 0 unspecified atom stereocenters. The average molecular weight is 260 g/mol. The molecule has 102 valence electrons. The highest BCUT2D eigenvalue weighted by molar-refractivity contribution is 5.48. The van der Waals surface area contributed by atoms with Gasteiger partial charge in [0.25, 0.3) is 0 Å². The second-order valence-corrected chi connectivity index (χ2v) is 5.03. The Morgan fingerprint density at radius 2 is 2.37 bits per heavy atom. The molecule has 1 N–H and O–H groups in total. The Morgan fingerprint density at radius 1 is 1.58 bits per heavy atom. The van der Waals surface area contributed by atoms with Crippen molar-refractivity contribution in [3.63, 3.8) is 0 Å². The summed E-state index contributed by atoms with van der Waals surface area (Å²) in [5.41, 5.74) is 2.39. The molecule has 19 heavy (non-hydrogen) atoms. The number of aromatic nitrogens is 1. The molecular weight excluding hydrogens is 240 g/mol. The second kappa shape index (κ2) is 6.00. The number of ether oxygens (including phenoxy) is 1. The third kappa shape index (κ3) is 3.43. The van der Waals surface area contributed by atoms with Crippen molar-refractivity contribution in [2.75, 3.05) is 38.6 Å². The first-order valence-electron chi connectivity index (χ1n) is 6.52. The number of hydrogen-bond donors (Lipinski definition) is 1. The number of hydrogen-bond acceptors (Lipinski definition) is 5. The highest BCUT2D eigenvalue weighted by Crippen LogP contribution is 2.15. The summed E-state index contributed by atoms with van der Waals surface area (Å²) in [5.74, 6) is 0.811. The molecule has 0 aromatic carbocycles. The molecule has 1 atom stereocenters. The molecule has 1 aromatic rings. The lowest BCUT2D eigenvalue weighted by Gasteiger charge is -2.30. The Kier molecular flexibility index (Phi) is 4.35. The van der Waals surface area contributed by atoms with E-state index in [0.29, 0.717) is 5.56 Å². The Hall–Kier alpha value is -1.64. The van der Waals surface area contributed by atoms with Gasteiger partial charge in [-0.05, 0) is 32.5 Å². The molecule has 0 amide bonds. The molecule has 0 bridgehead atoms. The maximum Gasteiger partial charge on any atom is 0.126 e. The number of rotatable bonds is 3. The van der Waals surface area contributed by atoms with Crippen molar-refractivity contribution in [2.24, 2.45) is 0 Å². The zero-order chi connectivity index (χ0) is 13.8. The van der Waals surface area contributed by atoms with Crippen molar-refractivity contribution in [3.8, 4) is 6.07 Å². The van der Waals surface area contributed by atoms with Crippen LogP contribution in [0.3, 0.4) is 0 Å². The van der Waals surface area contributed by atoms with Crippen molar-refractivity contribution in [3.05, 3.63) is 22.9 Å². The average Bonchev–Trinajstić information content (AvgIpc) is 2.36. The molecule has 0 saturated carbocycles. The largest absolute Gasteiger partial charge is 0.374 e. The van der Waals surface area contributed by atoms with Gasteiger partial charge in [0.2, 0.25) is 0 Å². The van der Waals surface area contributed by atoms with Crippen LogP contribution in [-0.2, 0) is 4.74 Å². The third-order valence-electron chi connectivity index (χ3n) is 3.36. The fourth-order valence-electron chi connectivity index (χ4n) is 2.30. The SMILES string of the molecule is Cc1cc(NC[C@@H]2CN(C)CCO2)nc(C)c1C#N. The van der Waals surface area contributed by atoms with E-state index in [1.54, 1.807) is 0 Å². The zero-order valence-electron chi connectivity index (χ0n) is 11.7. The number of anilines is 1. The van der Waals surface area contributed by atoms with Crippen LogP contribution in [0.4, 0.5) is 5.82 Å². The smallest absolute Gasteiger partial charge is 0.126 e. The topological polar surface area (TPSA) is 61.2 Å². The van der Waals surface area contributed by atoms with Gasteiger partial charge in [0, 0.05) is 19.6 Å². The maximum atomic E-state index is 9.02. The van der Waals surface area contributed by atoms with Gasteiger partial charge in [0.1, 0.15) is 11.9 Å². The molecule has 2 rings (SSSR count). The van der Waals surface area contributed by atoms with Crippen molar-refractivity contribution in [2.45, 2.75) is 20.0 Å². The van der Waals surface area contributed by atoms with Crippen LogP contribution in [0, 0.1) is 25.2 Å². The number of nitrogens with one attached hydrogen (secondary N) is 1. The van der Waals surface area contributed by atoms with Gasteiger partial charge >= 0.3 is 0 Å². The minimum atomic E-state index is 0.191. The molecule has 1 aliphatic rings. The van der Waals surface area contributed by atoms with Crippen molar-refractivity contribution < 1.29 is 4.74 Å². The number of aryl methyl sites for hydroxylation is 2. The Bertz CT molecular complexity index is 472. The Labute approximate surface area is 114 Å². The molecule has 5 heteroatoms. The molecule has 1 fully saturated rings. The monoisotopic (exact) mass is 260 g/mol. The Balaban J connectivity index is 1.98. The number of likely N-dealkylation sites (N-methyl/N-ethyl adjacent to an activating group) is 1. The minimum Gasteiger partial charge on any atom is -0.374 e. The first-order valence-corrected chi connectivity index (χ1v) is 6.52. The van der Waals surface area contributed by atoms with E-state index < -0.39 is 0 Å². The molecule has 0 radical (unpaired) electrons. The van der Waals surface area contributed by atoms with Crippen LogP contribution in [-0.4, -0.2) is 49.3 Å². The van der Waals surface area contributed by atoms with Crippen LogP contribution >= 0.6 is 0 Å². The van der Waals surface area contributed by atoms with Gasteiger partial charge in [-0.25, -0.2) is 4.98 Å². The van der Waals surface area contributed by atoms with E-state index in [2.05, 4.69) is 28.3 Å². The molecule has 2 heterocycles. The molecule has 0 aliphatic carbocycles. The van der Waals surface area contributed by atoms with E-state index in [0.717, 1.165) is 43.3 Å². The minimum absolute atomic E-state index is 0.191. The van der Waals surface area contributed by atoms with Gasteiger partial charge in [-0.3, -0.25) is 0 Å². The van der Waals surface area contributed by atoms with Crippen molar-refractivity contribution >= 4 is 5.82 Å². The zero-order valence-corrected chi connectivity index (χ0v) is 11.7.